The highest BCUT2D eigenvalue weighted by molar-refractivity contribution is 6.31. The maximum atomic E-state index is 12.8. The second kappa shape index (κ2) is 5.90. The van der Waals surface area contributed by atoms with Gasteiger partial charge >= 0.3 is 0 Å². The number of aromatic hydroxyl groups is 2. The average Bonchev–Trinajstić information content (AvgIpc) is 2.86. The molecule has 2 aromatic carbocycles. The molecule has 0 bridgehead atoms. The van der Waals surface area contributed by atoms with Crippen LogP contribution in [0.4, 0.5) is 5.69 Å². The van der Waals surface area contributed by atoms with Crippen molar-refractivity contribution < 1.29 is 19.8 Å². The molecule has 1 aromatic heterocycles. The van der Waals surface area contributed by atoms with Gasteiger partial charge in [0.1, 0.15) is 5.69 Å². The van der Waals surface area contributed by atoms with Crippen molar-refractivity contribution >= 4 is 39.9 Å². The number of phenolic OH excluding ortho intramolecular Hbond substituents is 2. The van der Waals surface area contributed by atoms with Crippen LogP contribution >= 0.6 is 11.6 Å². The Morgan fingerprint density at radius 1 is 1.08 bits per heavy atom. The Balaban J connectivity index is 2.18. The molecule has 0 saturated heterocycles. The maximum Gasteiger partial charge on any atom is 0.221 e. The fourth-order valence-corrected chi connectivity index (χ4v) is 2.63. The van der Waals surface area contributed by atoms with Crippen LogP contribution in [0.15, 0.2) is 36.4 Å². The number of fused-ring (bicyclic) bond motifs is 1. The number of aromatic nitrogens is 1. The fraction of sp³-hybridized carbons (Fsp3) is 0.0588. The monoisotopic (exact) mass is 344 g/mol. The maximum absolute atomic E-state index is 12.8. The molecule has 0 aliphatic heterocycles. The van der Waals surface area contributed by atoms with Crippen LogP contribution in [0.2, 0.25) is 5.02 Å². The number of hydrogen-bond donors (Lipinski definition) is 4. The first kappa shape index (κ1) is 15.9. The van der Waals surface area contributed by atoms with Gasteiger partial charge in [0.25, 0.3) is 0 Å². The molecule has 122 valence electrons. The van der Waals surface area contributed by atoms with Crippen molar-refractivity contribution in [2.24, 2.45) is 0 Å². The van der Waals surface area contributed by atoms with E-state index in [4.69, 9.17) is 11.6 Å². The van der Waals surface area contributed by atoms with Crippen LogP contribution < -0.4 is 5.32 Å². The number of H-pyrrole nitrogens is 1. The van der Waals surface area contributed by atoms with Crippen LogP contribution in [0, 0.1) is 0 Å². The van der Waals surface area contributed by atoms with E-state index >= 15 is 0 Å². The standard InChI is InChI=1S/C17H13ClN2O4/c1-8(21)19-15-11-4-3-10(18)7-12(11)20-16(15)17(24)9-2-5-13(22)14(23)6-9/h2-7,20,22-23H,1H3,(H,19,21). The number of amides is 1. The first-order valence-electron chi connectivity index (χ1n) is 7.02. The van der Waals surface area contributed by atoms with E-state index in [1.165, 1.54) is 19.1 Å². The number of nitrogens with one attached hydrogen (secondary N) is 2. The first-order valence-corrected chi connectivity index (χ1v) is 7.40. The molecule has 0 radical (unpaired) electrons. The molecule has 6 nitrogen and oxygen atoms in total. The van der Waals surface area contributed by atoms with Gasteiger partial charge in [0.15, 0.2) is 11.5 Å². The van der Waals surface area contributed by atoms with Gasteiger partial charge in [0, 0.05) is 28.4 Å². The molecule has 0 aliphatic carbocycles. The zero-order valence-corrected chi connectivity index (χ0v) is 13.3. The zero-order valence-electron chi connectivity index (χ0n) is 12.6. The Hall–Kier alpha value is -2.99. The lowest BCUT2D eigenvalue weighted by atomic mass is 10.1. The number of anilines is 1. The van der Waals surface area contributed by atoms with Crippen LogP contribution in [0.1, 0.15) is 23.0 Å². The highest BCUT2D eigenvalue weighted by atomic mass is 35.5. The van der Waals surface area contributed by atoms with Gasteiger partial charge in [-0.2, -0.15) is 0 Å². The molecule has 1 heterocycles. The summed E-state index contributed by atoms with van der Waals surface area (Å²) in [6.45, 7) is 1.34. The topological polar surface area (TPSA) is 102 Å². The number of phenols is 2. The van der Waals surface area contributed by atoms with Crippen molar-refractivity contribution in [3.05, 3.63) is 52.7 Å². The molecule has 24 heavy (non-hydrogen) atoms. The second-order valence-corrected chi connectivity index (χ2v) is 5.72. The van der Waals surface area contributed by atoms with Gasteiger partial charge in [-0.25, -0.2) is 0 Å². The van der Waals surface area contributed by atoms with Crippen LogP contribution in [-0.4, -0.2) is 26.9 Å². The minimum absolute atomic E-state index is 0.160. The lowest BCUT2D eigenvalue weighted by Gasteiger charge is -2.06. The molecular weight excluding hydrogens is 332 g/mol. The molecular formula is C17H13ClN2O4. The molecule has 1 amide bonds. The lowest BCUT2D eigenvalue weighted by molar-refractivity contribution is -0.114. The number of benzene rings is 2. The Morgan fingerprint density at radius 2 is 1.83 bits per heavy atom. The van der Waals surface area contributed by atoms with Crippen molar-refractivity contribution in [2.45, 2.75) is 6.92 Å². The van der Waals surface area contributed by atoms with Gasteiger partial charge in [-0.05, 0) is 36.4 Å². The van der Waals surface area contributed by atoms with Gasteiger partial charge in [-0.15, -0.1) is 0 Å². The van der Waals surface area contributed by atoms with Gasteiger partial charge < -0.3 is 20.5 Å². The number of aromatic amines is 1. The summed E-state index contributed by atoms with van der Waals surface area (Å²) in [4.78, 5) is 27.2. The highest BCUT2D eigenvalue weighted by Gasteiger charge is 2.21. The van der Waals surface area contributed by atoms with E-state index in [1.807, 2.05) is 0 Å². The van der Waals surface area contributed by atoms with Crippen molar-refractivity contribution in [2.75, 3.05) is 5.32 Å². The summed E-state index contributed by atoms with van der Waals surface area (Å²) >= 11 is 5.97. The average molecular weight is 345 g/mol. The summed E-state index contributed by atoms with van der Waals surface area (Å²) < 4.78 is 0. The third kappa shape index (κ3) is 2.79. The van der Waals surface area contributed by atoms with E-state index in [2.05, 4.69) is 10.3 Å². The summed E-state index contributed by atoms with van der Waals surface area (Å²) in [7, 11) is 0. The number of carbonyl (C=O) groups excluding carboxylic acids is 2. The van der Waals surface area contributed by atoms with E-state index < -0.39 is 11.5 Å². The third-order valence-corrected chi connectivity index (χ3v) is 3.76. The molecule has 4 N–H and O–H groups in total. The Kier molecular flexibility index (Phi) is 3.91. The summed E-state index contributed by atoms with van der Waals surface area (Å²) in [6.07, 6.45) is 0. The van der Waals surface area contributed by atoms with Gasteiger partial charge in [-0.3, -0.25) is 9.59 Å². The van der Waals surface area contributed by atoms with Crippen LogP contribution in [-0.2, 0) is 4.79 Å². The lowest BCUT2D eigenvalue weighted by Crippen LogP contribution is -2.11. The summed E-state index contributed by atoms with van der Waals surface area (Å²) in [6, 6.07) is 8.77. The number of halogens is 1. The summed E-state index contributed by atoms with van der Waals surface area (Å²) in [5, 5.41) is 22.7. The quantitative estimate of drug-likeness (QED) is 0.432. The summed E-state index contributed by atoms with van der Waals surface area (Å²) in [5.74, 6) is -1.49. The van der Waals surface area contributed by atoms with Crippen molar-refractivity contribution in [3.8, 4) is 11.5 Å². The predicted molar refractivity (Wildman–Crippen MR) is 90.8 cm³/mol. The highest BCUT2D eigenvalue weighted by Crippen LogP contribution is 2.33. The summed E-state index contributed by atoms with van der Waals surface area (Å²) in [5.41, 5.74) is 1.26. The third-order valence-electron chi connectivity index (χ3n) is 3.53. The molecule has 0 atom stereocenters. The van der Waals surface area contributed by atoms with Crippen molar-refractivity contribution in [1.29, 1.82) is 0 Å². The normalized spacial score (nSPS) is 10.8. The van der Waals surface area contributed by atoms with Crippen molar-refractivity contribution in [3.63, 3.8) is 0 Å². The Morgan fingerprint density at radius 3 is 2.50 bits per heavy atom. The van der Waals surface area contributed by atoms with Gasteiger partial charge in [0.05, 0.1) is 5.69 Å². The van der Waals surface area contributed by atoms with E-state index in [1.54, 1.807) is 18.2 Å². The molecule has 0 fully saturated rings. The molecule has 0 spiro atoms. The number of ketones is 1. The fourth-order valence-electron chi connectivity index (χ4n) is 2.45. The van der Waals surface area contributed by atoms with Crippen molar-refractivity contribution in [1.82, 2.24) is 4.98 Å². The SMILES string of the molecule is CC(=O)Nc1c(C(=O)c2ccc(O)c(O)c2)[nH]c2cc(Cl)ccc12. The first-order chi connectivity index (χ1) is 11.4. The van der Waals surface area contributed by atoms with E-state index in [0.717, 1.165) is 6.07 Å². The smallest absolute Gasteiger partial charge is 0.221 e. The molecule has 0 saturated carbocycles. The molecule has 3 aromatic rings. The second-order valence-electron chi connectivity index (χ2n) is 5.28. The zero-order chi connectivity index (χ0) is 17.4. The van der Waals surface area contributed by atoms with E-state index in [9.17, 15) is 19.8 Å². The van der Waals surface area contributed by atoms with Crippen LogP contribution in [0.5, 0.6) is 11.5 Å². The molecule has 7 heteroatoms. The van der Waals surface area contributed by atoms with E-state index in [0.29, 0.717) is 21.6 Å². The minimum Gasteiger partial charge on any atom is -0.504 e. The van der Waals surface area contributed by atoms with Gasteiger partial charge in [0.2, 0.25) is 11.7 Å². The molecule has 0 aliphatic rings. The van der Waals surface area contributed by atoms with Crippen LogP contribution in [0.3, 0.4) is 0 Å². The minimum atomic E-state index is -0.443. The molecule has 0 unspecified atom stereocenters. The Labute approximate surface area is 141 Å². The largest absolute Gasteiger partial charge is 0.504 e. The van der Waals surface area contributed by atoms with Crippen LogP contribution in [0.25, 0.3) is 10.9 Å². The van der Waals surface area contributed by atoms with E-state index in [-0.39, 0.29) is 22.9 Å². The predicted octanol–water partition coefficient (Wildman–Crippen LogP) is 3.42. The number of carbonyl (C=O) groups is 2. The number of hydrogen-bond acceptors (Lipinski definition) is 4. The molecule has 3 rings (SSSR count). The number of rotatable bonds is 3. The Bertz CT molecular complexity index is 978. The van der Waals surface area contributed by atoms with Gasteiger partial charge in [-0.1, -0.05) is 11.6 Å².